The molecule has 1 saturated heterocycles. The maximum absolute atomic E-state index is 13.3. The molecular weight excluding hydrogens is 510 g/mol. The zero-order valence-corrected chi connectivity index (χ0v) is 21.1. The summed E-state index contributed by atoms with van der Waals surface area (Å²) >= 11 is 1.34. The topological polar surface area (TPSA) is 109 Å². The van der Waals surface area contributed by atoms with Gasteiger partial charge in [0.1, 0.15) is 11.9 Å². The van der Waals surface area contributed by atoms with Crippen molar-refractivity contribution in [1.29, 1.82) is 5.41 Å². The highest BCUT2D eigenvalue weighted by Crippen LogP contribution is 2.27. The summed E-state index contributed by atoms with van der Waals surface area (Å²) in [6.07, 6.45) is -0.931. The van der Waals surface area contributed by atoms with E-state index in [4.69, 9.17) is 11.1 Å². The highest BCUT2D eigenvalue weighted by molar-refractivity contribution is 7.10. The number of alkyl halides is 2. The van der Waals surface area contributed by atoms with Gasteiger partial charge in [0.15, 0.2) is 0 Å². The van der Waals surface area contributed by atoms with Gasteiger partial charge < -0.3 is 20.7 Å². The zero-order chi connectivity index (χ0) is 26.8. The van der Waals surface area contributed by atoms with E-state index in [0.717, 1.165) is 32.0 Å². The Kier molecular flexibility index (Phi) is 7.35. The summed E-state index contributed by atoms with van der Waals surface area (Å²) in [4.78, 5) is 28.5. The van der Waals surface area contributed by atoms with Crippen LogP contribution in [0.1, 0.15) is 22.4 Å². The Morgan fingerprint density at radius 3 is 2.47 bits per heavy atom. The van der Waals surface area contributed by atoms with Crippen LogP contribution < -0.4 is 11.1 Å². The number of nitrogen functional groups attached to an aromatic ring is 1. The van der Waals surface area contributed by atoms with Gasteiger partial charge in [-0.2, -0.15) is 8.78 Å². The van der Waals surface area contributed by atoms with E-state index in [1.165, 1.54) is 16.2 Å². The molecule has 2 atom stereocenters. The molecule has 1 aromatic heterocycles. The highest BCUT2D eigenvalue weighted by Gasteiger charge is 2.41. The number of nitrogens with two attached hydrogens (primary N) is 1. The lowest BCUT2D eigenvalue weighted by atomic mass is 10.0. The molecule has 7 nitrogen and oxygen atoms in total. The van der Waals surface area contributed by atoms with Gasteiger partial charge >= 0.3 is 6.61 Å². The van der Waals surface area contributed by atoms with Crippen LogP contribution in [0, 0.1) is 5.41 Å². The number of fused-ring (bicyclic) bond motifs is 2. The number of thiophene rings is 1. The number of amidine groups is 1. The molecule has 4 N–H and O–H groups in total. The van der Waals surface area contributed by atoms with Gasteiger partial charge in [0.2, 0.25) is 11.8 Å². The smallest absolute Gasteiger partial charge is 0.345 e. The number of nitrogens with one attached hydrogen (secondary N) is 2. The predicted molar refractivity (Wildman–Crippen MR) is 143 cm³/mol. The van der Waals surface area contributed by atoms with Crippen LogP contribution in [0.25, 0.3) is 21.5 Å². The largest absolute Gasteiger partial charge is 0.384 e. The number of likely N-dealkylation sites (tertiary alicyclic amines) is 1. The van der Waals surface area contributed by atoms with Crippen LogP contribution in [0.4, 0.5) is 8.78 Å². The first-order valence-electron chi connectivity index (χ1n) is 12.1. The summed E-state index contributed by atoms with van der Waals surface area (Å²) in [6.45, 7) is -2.91. The number of carbonyl (C=O) groups is 2. The van der Waals surface area contributed by atoms with Gasteiger partial charge in [-0.1, -0.05) is 42.5 Å². The second-order valence-electron chi connectivity index (χ2n) is 9.31. The molecule has 4 aromatic rings. The van der Waals surface area contributed by atoms with Crippen LogP contribution in [-0.2, 0) is 27.3 Å². The van der Waals surface area contributed by atoms with Crippen molar-refractivity contribution in [2.75, 3.05) is 6.54 Å². The summed E-state index contributed by atoms with van der Waals surface area (Å²) in [5.41, 5.74) is 6.82. The summed E-state index contributed by atoms with van der Waals surface area (Å²) < 4.78 is 30.5. The van der Waals surface area contributed by atoms with Gasteiger partial charge in [-0.15, -0.1) is 11.3 Å². The van der Waals surface area contributed by atoms with E-state index >= 15 is 0 Å². The van der Waals surface area contributed by atoms with E-state index in [0.29, 0.717) is 5.56 Å². The van der Waals surface area contributed by atoms with Gasteiger partial charge in [0.25, 0.3) is 0 Å². The first kappa shape index (κ1) is 25.7. The molecular formula is C28H26F2N4O3S. The molecule has 2 amide bonds. The first-order chi connectivity index (χ1) is 18.3. The monoisotopic (exact) mass is 536 g/mol. The van der Waals surface area contributed by atoms with Crippen molar-refractivity contribution in [2.45, 2.75) is 38.1 Å². The van der Waals surface area contributed by atoms with Crippen molar-refractivity contribution in [3.63, 3.8) is 0 Å². The molecule has 2 heterocycles. The number of benzene rings is 3. The van der Waals surface area contributed by atoms with Crippen molar-refractivity contribution in [3.8, 4) is 0 Å². The molecule has 3 aromatic carbocycles. The van der Waals surface area contributed by atoms with E-state index < -0.39 is 24.7 Å². The number of hydrogen-bond donors (Lipinski definition) is 3. The van der Waals surface area contributed by atoms with Gasteiger partial charge in [0, 0.05) is 28.8 Å². The SMILES string of the molecule is N=C(N)c1csc(CNC(=O)C2C[C@@H](OC(F)F)CN2C(=O)Cc2ccc3cc4ccccc4cc3c2)c1. The van der Waals surface area contributed by atoms with Crippen LogP contribution in [0.3, 0.4) is 0 Å². The van der Waals surface area contributed by atoms with E-state index in [-0.39, 0.29) is 37.7 Å². The van der Waals surface area contributed by atoms with Crippen LogP contribution in [0.5, 0.6) is 0 Å². The van der Waals surface area contributed by atoms with Crippen molar-refractivity contribution in [3.05, 3.63) is 82.0 Å². The maximum Gasteiger partial charge on any atom is 0.345 e. The first-order valence-corrected chi connectivity index (χ1v) is 13.0. The Morgan fingerprint density at radius 2 is 1.79 bits per heavy atom. The molecule has 1 fully saturated rings. The Morgan fingerprint density at radius 1 is 1.08 bits per heavy atom. The Balaban J connectivity index is 1.31. The molecule has 38 heavy (non-hydrogen) atoms. The molecule has 1 aliphatic rings. The number of halogens is 2. The third-order valence-corrected chi connectivity index (χ3v) is 7.64. The lowest BCUT2D eigenvalue weighted by Crippen LogP contribution is -2.46. The lowest BCUT2D eigenvalue weighted by molar-refractivity contribution is -0.160. The van der Waals surface area contributed by atoms with Crippen molar-refractivity contribution in [1.82, 2.24) is 10.2 Å². The number of hydrogen-bond acceptors (Lipinski definition) is 5. The quantitative estimate of drug-likeness (QED) is 0.176. The van der Waals surface area contributed by atoms with E-state index in [1.807, 2.05) is 42.5 Å². The minimum absolute atomic E-state index is 0.0191. The normalized spacial score (nSPS) is 17.4. The molecule has 5 rings (SSSR count). The van der Waals surface area contributed by atoms with E-state index in [1.54, 1.807) is 11.4 Å². The van der Waals surface area contributed by atoms with Crippen molar-refractivity contribution in [2.24, 2.45) is 5.73 Å². The fourth-order valence-electron chi connectivity index (χ4n) is 4.85. The van der Waals surface area contributed by atoms with E-state index in [9.17, 15) is 18.4 Å². The van der Waals surface area contributed by atoms with Crippen LogP contribution >= 0.6 is 11.3 Å². The molecule has 0 bridgehead atoms. The number of rotatable bonds is 8. The highest BCUT2D eigenvalue weighted by atomic mass is 32.1. The fourth-order valence-corrected chi connectivity index (χ4v) is 5.67. The minimum atomic E-state index is -3.00. The van der Waals surface area contributed by atoms with Crippen LogP contribution in [0.15, 0.2) is 66.0 Å². The number of nitrogens with zero attached hydrogens (tertiary/aromatic N) is 1. The van der Waals surface area contributed by atoms with Crippen LogP contribution in [-0.4, -0.2) is 47.9 Å². The summed E-state index contributed by atoms with van der Waals surface area (Å²) in [7, 11) is 0. The summed E-state index contributed by atoms with van der Waals surface area (Å²) in [5.74, 6) is -0.845. The predicted octanol–water partition coefficient (Wildman–Crippen LogP) is 4.41. The average Bonchev–Trinajstić information content (AvgIpc) is 3.53. The van der Waals surface area contributed by atoms with Crippen LogP contribution in [0.2, 0.25) is 0 Å². The maximum atomic E-state index is 13.3. The second kappa shape index (κ2) is 10.8. The van der Waals surface area contributed by atoms with Gasteiger partial charge in [-0.05, 0) is 45.3 Å². The standard InChI is InChI=1S/C28H26F2N4O3S/c29-28(30)37-22-12-24(27(36)33-13-23-11-21(15-38-23)26(31)32)34(14-22)25(35)8-16-5-6-19-9-17-3-1-2-4-18(17)10-20(19)7-16/h1-7,9-11,15,22,24,28H,8,12-14H2,(H3,31,32)(H,33,36)/t22-,24?/m1/s1. The molecule has 0 aliphatic carbocycles. The van der Waals surface area contributed by atoms with Crippen molar-refractivity contribution < 1.29 is 23.1 Å². The molecule has 0 radical (unpaired) electrons. The lowest BCUT2D eigenvalue weighted by Gasteiger charge is -2.24. The number of amides is 2. The summed E-state index contributed by atoms with van der Waals surface area (Å²) in [6, 6.07) is 18.7. The molecule has 196 valence electrons. The Hall–Kier alpha value is -3.89. The van der Waals surface area contributed by atoms with Gasteiger partial charge in [-0.25, -0.2) is 0 Å². The average molecular weight is 537 g/mol. The third kappa shape index (κ3) is 5.66. The Labute approximate surface area is 221 Å². The molecule has 0 saturated carbocycles. The number of ether oxygens (including phenoxy) is 1. The minimum Gasteiger partial charge on any atom is -0.384 e. The van der Waals surface area contributed by atoms with Gasteiger partial charge in [0.05, 0.1) is 19.1 Å². The Bertz CT molecular complexity index is 1520. The molecule has 0 spiro atoms. The summed E-state index contributed by atoms with van der Waals surface area (Å²) in [5, 5.41) is 16.3. The molecule has 10 heteroatoms. The fraction of sp³-hybridized carbons (Fsp3) is 0.250. The molecule has 1 aliphatic heterocycles. The van der Waals surface area contributed by atoms with Gasteiger partial charge in [-0.3, -0.25) is 15.0 Å². The zero-order valence-electron chi connectivity index (χ0n) is 20.3. The van der Waals surface area contributed by atoms with Crippen molar-refractivity contribution >= 4 is 50.5 Å². The number of carbonyl (C=O) groups excluding carboxylic acids is 2. The molecule has 1 unspecified atom stereocenters. The third-order valence-electron chi connectivity index (χ3n) is 6.71. The van der Waals surface area contributed by atoms with E-state index in [2.05, 4.69) is 22.2 Å². The second-order valence-corrected chi connectivity index (χ2v) is 10.3.